The lowest BCUT2D eigenvalue weighted by atomic mass is 10.0. The third-order valence-corrected chi connectivity index (χ3v) is 2.18. The van der Waals surface area contributed by atoms with E-state index in [1.807, 2.05) is 12.1 Å². The maximum Gasteiger partial charge on any atom is 0.122 e. The summed E-state index contributed by atoms with van der Waals surface area (Å²) in [5, 5.41) is 10.1. The van der Waals surface area contributed by atoms with Crippen LogP contribution >= 0.6 is 9.24 Å². The standard InChI is InChI=1S/C9H13OP/c1-6(2)7-3-4-8(10)9(11)5-7/h3-6,10H,11H2,1-2H3. The lowest BCUT2D eigenvalue weighted by molar-refractivity contribution is 0.479. The van der Waals surface area contributed by atoms with Crippen LogP contribution in [0, 0.1) is 0 Å². The van der Waals surface area contributed by atoms with E-state index in [9.17, 15) is 5.11 Å². The highest BCUT2D eigenvalue weighted by molar-refractivity contribution is 7.27. The Balaban J connectivity index is 3.05. The first-order valence-electron chi connectivity index (χ1n) is 3.69. The molecule has 0 aliphatic carbocycles. The van der Waals surface area contributed by atoms with Crippen molar-refractivity contribution in [2.24, 2.45) is 0 Å². The highest BCUT2D eigenvalue weighted by Gasteiger charge is 2.00. The number of rotatable bonds is 1. The molecule has 0 amide bonds. The van der Waals surface area contributed by atoms with Gasteiger partial charge in [0, 0.05) is 5.30 Å². The van der Waals surface area contributed by atoms with Crippen LogP contribution in [0.4, 0.5) is 0 Å². The van der Waals surface area contributed by atoms with Gasteiger partial charge in [-0.25, -0.2) is 0 Å². The molecule has 1 aromatic carbocycles. The van der Waals surface area contributed by atoms with Crippen LogP contribution in [0.2, 0.25) is 0 Å². The van der Waals surface area contributed by atoms with Crippen molar-refractivity contribution >= 4 is 14.5 Å². The molecule has 1 nitrogen and oxygen atoms in total. The van der Waals surface area contributed by atoms with Crippen molar-refractivity contribution in [1.82, 2.24) is 0 Å². The number of hydrogen-bond acceptors (Lipinski definition) is 1. The molecule has 0 bridgehead atoms. The van der Waals surface area contributed by atoms with Gasteiger partial charge in [0.1, 0.15) is 5.75 Å². The van der Waals surface area contributed by atoms with E-state index in [2.05, 4.69) is 23.1 Å². The predicted molar refractivity (Wildman–Crippen MR) is 51.5 cm³/mol. The van der Waals surface area contributed by atoms with Crippen molar-refractivity contribution in [3.8, 4) is 5.75 Å². The first-order chi connectivity index (χ1) is 5.11. The summed E-state index contributed by atoms with van der Waals surface area (Å²) < 4.78 is 0. The summed E-state index contributed by atoms with van der Waals surface area (Å²) in [5.74, 6) is 0.870. The van der Waals surface area contributed by atoms with Crippen LogP contribution in [0.25, 0.3) is 0 Å². The summed E-state index contributed by atoms with van der Waals surface area (Å²) in [6, 6.07) is 5.68. The zero-order valence-corrected chi connectivity index (χ0v) is 7.99. The van der Waals surface area contributed by atoms with Gasteiger partial charge in [-0.2, -0.15) is 0 Å². The van der Waals surface area contributed by atoms with Gasteiger partial charge in [-0.15, -0.1) is 9.24 Å². The van der Waals surface area contributed by atoms with E-state index in [4.69, 9.17) is 0 Å². The first-order valence-corrected chi connectivity index (χ1v) is 4.27. The normalized spacial score (nSPS) is 10.5. The number of phenolic OH excluding ortho intramolecular Hbond substituents is 1. The van der Waals surface area contributed by atoms with E-state index < -0.39 is 0 Å². The van der Waals surface area contributed by atoms with E-state index >= 15 is 0 Å². The SMILES string of the molecule is CC(C)c1ccc(O)c(P)c1. The fraction of sp³-hybridized carbons (Fsp3) is 0.333. The van der Waals surface area contributed by atoms with Crippen molar-refractivity contribution in [3.63, 3.8) is 0 Å². The van der Waals surface area contributed by atoms with Crippen LogP contribution in [0.15, 0.2) is 18.2 Å². The zero-order valence-electron chi connectivity index (χ0n) is 6.83. The molecule has 0 saturated carbocycles. The molecule has 1 aromatic rings. The van der Waals surface area contributed by atoms with Crippen LogP contribution < -0.4 is 5.30 Å². The average molecular weight is 168 g/mol. The summed E-state index contributed by atoms with van der Waals surface area (Å²) >= 11 is 0. The second-order valence-corrected chi connectivity index (χ2v) is 3.59. The number of hydrogen-bond donors (Lipinski definition) is 1. The molecule has 1 unspecified atom stereocenters. The minimum absolute atomic E-state index is 0.347. The van der Waals surface area contributed by atoms with E-state index in [-0.39, 0.29) is 0 Å². The van der Waals surface area contributed by atoms with Gasteiger partial charge in [0.05, 0.1) is 0 Å². The van der Waals surface area contributed by atoms with Gasteiger partial charge in [0.2, 0.25) is 0 Å². The van der Waals surface area contributed by atoms with Crippen LogP contribution in [-0.4, -0.2) is 5.11 Å². The van der Waals surface area contributed by atoms with E-state index in [0.717, 1.165) is 5.30 Å². The van der Waals surface area contributed by atoms with Crippen LogP contribution in [0.5, 0.6) is 5.75 Å². The Labute approximate surface area is 69.7 Å². The number of benzene rings is 1. The molecule has 0 aromatic heterocycles. The van der Waals surface area contributed by atoms with Crippen molar-refractivity contribution in [2.45, 2.75) is 19.8 Å². The van der Waals surface area contributed by atoms with E-state index in [1.165, 1.54) is 5.56 Å². The Bertz CT molecular complexity index is 256. The molecular formula is C9H13OP. The summed E-state index contributed by atoms with van der Waals surface area (Å²) in [5.41, 5.74) is 1.26. The molecule has 60 valence electrons. The molecular weight excluding hydrogens is 155 g/mol. The molecule has 0 saturated heterocycles. The van der Waals surface area contributed by atoms with Gasteiger partial charge in [0.25, 0.3) is 0 Å². The van der Waals surface area contributed by atoms with Crippen molar-refractivity contribution in [1.29, 1.82) is 0 Å². The Morgan fingerprint density at radius 1 is 1.36 bits per heavy atom. The maximum atomic E-state index is 9.20. The minimum Gasteiger partial charge on any atom is -0.507 e. The fourth-order valence-electron chi connectivity index (χ4n) is 0.932. The summed E-state index contributed by atoms with van der Waals surface area (Å²) in [7, 11) is 2.52. The molecule has 0 radical (unpaired) electrons. The average Bonchev–Trinajstić information content (AvgIpc) is 1.94. The monoisotopic (exact) mass is 168 g/mol. The molecule has 0 aliphatic heterocycles. The summed E-state index contributed by atoms with van der Waals surface area (Å²) in [4.78, 5) is 0. The van der Waals surface area contributed by atoms with Gasteiger partial charge in [0.15, 0.2) is 0 Å². The van der Waals surface area contributed by atoms with E-state index in [1.54, 1.807) is 6.07 Å². The van der Waals surface area contributed by atoms with Gasteiger partial charge >= 0.3 is 0 Å². The molecule has 1 rings (SSSR count). The third-order valence-electron chi connectivity index (χ3n) is 1.72. The molecule has 0 spiro atoms. The second kappa shape index (κ2) is 3.23. The maximum absolute atomic E-state index is 9.20. The van der Waals surface area contributed by atoms with E-state index in [0.29, 0.717) is 11.7 Å². The molecule has 0 fully saturated rings. The lowest BCUT2D eigenvalue weighted by Crippen LogP contribution is -1.95. The number of phenols is 1. The minimum atomic E-state index is 0.347. The smallest absolute Gasteiger partial charge is 0.122 e. The van der Waals surface area contributed by atoms with Crippen LogP contribution in [0.1, 0.15) is 25.3 Å². The topological polar surface area (TPSA) is 20.2 Å². The van der Waals surface area contributed by atoms with Crippen LogP contribution in [0.3, 0.4) is 0 Å². The van der Waals surface area contributed by atoms with Crippen LogP contribution in [-0.2, 0) is 0 Å². The molecule has 1 N–H and O–H groups in total. The molecule has 11 heavy (non-hydrogen) atoms. The summed E-state index contributed by atoms with van der Waals surface area (Å²) in [6.07, 6.45) is 0. The fourth-order valence-corrected chi connectivity index (χ4v) is 1.22. The molecule has 0 heterocycles. The number of aromatic hydroxyl groups is 1. The first kappa shape index (κ1) is 8.55. The van der Waals surface area contributed by atoms with Gasteiger partial charge in [-0.3, -0.25) is 0 Å². The zero-order chi connectivity index (χ0) is 8.43. The second-order valence-electron chi connectivity index (χ2n) is 2.97. The Morgan fingerprint density at radius 2 is 2.00 bits per heavy atom. The van der Waals surface area contributed by atoms with Gasteiger partial charge in [-0.05, 0) is 23.6 Å². The molecule has 0 aliphatic rings. The van der Waals surface area contributed by atoms with Gasteiger partial charge in [-0.1, -0.05) is 19.9 Å². The highest BCUT2D eigenvalue weighted by atomic mass is 31.0. The lowest BCUT2D eigenvalue weighted by Gasteiger charge is -2.06. The highest BCUT2D eigenvalue weighted by Crippen LogP contribution is 2.17. The Hall–Kier alpha value is -0.550. The molecule has 2 heteroatoms. The summed E-state index contributed by atoms with van der Waals surface area (Å²) in [6.45, 7) is 4.27. The Kier molecular flexibility index (Phi) is 2.51. The quantitative estimate of drug-likeness (QED) is 0.636. The molecule has 1 atom stereocenters. The van der Waals surface area contributed by atoms with Crippen molar-refractivity contribution in [2.75, 3.05) is 0 Å². The third kappa shape index (κ3) is 1.94. The largest absolute Gasteiger partial charge is 0.507 e. The van der Waals surface area contributed by atoms with Gasteiger partial charge < -0.3 is 5.11 Å². The van der Waals surface area contributed by atoms with Crippen molar-refractivity contribution in [3.05, 3.63) is 23.8 Å². The predicted octanol–water partition coefficient (Wildman–Crippen LogP) is 2.02. The van der Waals surface area contributed by atoms with Crippen molar-refractivity contribution < 1.29 is 5.11 Å². The Morgan fingerprint density at radius 3 is 2.45 bits per heavy atom.